The predicted molar refractivity (Wildman–Crippen MR) is 106 cm³/mol. The summed E-state index contributed by atoms with van der Waals surface area (Å²) in [6.45, 7) is 1.99. The predicted octanol–water partition coefficient (Wildman–Crippen LogP) is 4.76. The van der Waals surface area contributed by atoms with Crippen molar-refractivity contribution in [3.05, 3.63) is 108 Å². The number of aliphatic hydroxyl groups is 1. The van der Waals surface area contributed by atoms with Gasteiger partial charge in [0.1, 0.15) is 11.6 Å². The van der Waals surface area contributed by atoms with Gasteiger partial charge in [-0.25, -0.2) is 0 Å². The van der Waals surface area contributed by atoms with Crippen LogP contribution < -0.4 is 0 Å². The molecule has 0 radical (unpaired) electrons. The summed E-state index contributed by atoms with van der Waals surface area (Å²) in [5.74, 6) is 0. The lowest BCUT2D eigenvalue weighted by Gasteiger charge is -2.46. The molecular formula is C24H25NO. The standard InChI is InChI=1S/C24H25NO/c26-23(20-12-4-1-5-13-20)24(25-18-10-11-19-25,21-14-6-2-7-15-21)22-16-8-3-9-17-22/h1-9,12-17,23,26H,10-11,18-19H2/t23-/m0/s1. The van der Waals surface area contributed by atoms with Crippen molar-refractivity contribution in [3.8, 4) is 0 Å². The van der Waals surface area contributed by atoms with Crippen LogP contribution in [0, 0.1) is 0 Å². The number of hydrogen-bond donors (Lipinski definition) is 1. The van der Waals surface area contributed by atoms with Gasteiger partial charge in [-0.3, -0.25) is 4.90 Å². The highest BCUT2D eigenvalue weighted by Gasteiger charge is 2.47. The van der Waals surface area contributed by atoms with Crippen LogP contribution in [0.15, 0.2) is 91.0 Å². The molecule has 0 unspecified atom stereocenters. The molecule has 132 valence electrons. The van der Waals surface area contributed by atoms with Crippen LogP contribution in [-0.4, -0.2) is 23.1 Å². The first-order chi connectivity index (χ1) is 12.8. The smallest absolute Gasteiger partial charge is 0.106 e. The first-order valence-electron chi connectivity index (χ1n) is 9.42. The first-order valence-corrected chi connectivity index (χ1v) is 9.42. The third-order valence-corrected chi connectivity index (χ3v) is 5.54. The van der Waals surface area contributed by atoms with E-state index in [1.54, 1.807) is 0 Å². The van der Waals surface area contributed by atoms with Crippen molar-refractivity contribution in [1.29, 1.82) is 0 Å². The number of aliphatic hydroxyl groups excluding tert-OH is 1. The van der Waals surface area contributed by atoms with E-state index in [0.29, 0.717) is 0 Å². The summed E-state index contributed by atoms with van der Waals surface area (Å²) in [6, 6.07) is 31.0. The molecule has 0 saturated carbocycles. The highest BCUT2D eigenvalue weighted by molar-refractivity contribution is 5.43. The van der Waals surface area contributed by atoms with E-state index in [-0.39, 0.29) is 0 Å². The fourth-order valence-electron chi connectivity index (χ4n) is 4.35. The van der Waals surface area contributed by atoms with Crippen molar-refractivity contribution in [3.63, 3.8) is 0 Å². The van der Waals surface area contributed by atoms with Crippen molar-refractivity contribution in [2.45, 2.75) is 24.5 Å². The van der Waals surface area contributed by atoms with Gasteiger partial charge in [0.15, 0.2) is 0 Å². The maximum Gasteiger partial charge on any atom is 0.106 e. The average Bonchev–Trinajstić information content (AvgIpc) is 3.26. The van der Waals surface area contributed by atoms with Gasteiger partial charge in [-0.15, -0.1) is 0 Å². The number of nitrogens with zero attached hydrogens (tertiary/aromatic N) is 1. The van der Waals surface area contributed by atoms with E-state index in [2.05, 4.69) is 53.4 Å². The Morgan fingerprint density at radius 3 is 1.54 bits per heavy atom. The molecule has 0 bridgehead atoms. The molecule has 1 aliphatic rings. The Morgan fingerprint density at radius 2 is 1.08 bits per heavy atom. The molecule has 0 aromatic heterocycles. The summed E-state index contributed by atoms with van der Waals surface area (Å²) in [7, 11) is 0. The minimum absolute atomic E-state index is 0.583. The van der Waals surface area contributed by atoms with E-state index in [1.165, 1.54) is 12.8 Å². The van der Waals surface area contributed by atoms with Crippen LogP contribution in [0.5, 0.6) is 0 Å². The Balaban J connectivity index is 1.97. The molecule has 0 aliphatic carbocycles. The lowest BCUT2D eigenvalue weighted by atomic mass is 9.74. The van der Waals surface area contributed by atoms with Gasteiger partial charge in [0, 0.05) is 0 Å². The zero-order valence-electron chi connectivity index (χ0n) is 15.0. The van der Waals surface area contributed by atoms with Crippen molar-refractivity contribution in [2.75, 3.05) is 13.1 Å². The number of rotatable bonds is 5. The lowest BCUT2D eigenvalue weighted by Crippen LogP contribution is -2.50. The molecule has 1 N–H and O–H groups in total. The molecule has 2 nitrogen and oxygen atoms in total. The van der Waals surface area contributed by atoms with Crippen molar-refractivity contribution >= 4 is 0 Å². The summed E-state index contributed by atoms with van der Waals surface area (Å²) in [5, 5.41) is 11.8. The zero-order valence-corrected chi connectivity index (χ0v) is 15.0. The monoisotopic (exact) mass is 343 g/mol. The quantitative estimate of drug-likeness (QED) is 0.722. The van der Waals surface area contributed by atoms with Crippen LogP contribution in [0.2, 0.25) is 0 Å². The molecule has 1 heterocycles. The largest absolute Gasteiger partial charge is 0.386 e. The second kappa shape index (κ2) is 7.45. The van der Waals surface area contributed by atoms with Crippen LogP contribution in [0.3, 0.4) is 0 Å². The van der Waals surface area contributed by atoms with E-state index >= 15 is 0 Å². The van der Waals surface area contributed by atoms with Crippen molar-refractivity contribution < 1.29 is 5.11 Å². The third kappa shape index (κ3) is 2.86. The second-order valence-electron chi connectivity index (χ2n) is 7.01. The Hall–Kier alpha value is -2.42. The SMILES string of the molecule is O[C@@H](c1ccccc1)C(c1ccccc1)(c1ccccc1)N1CCCC1. The van der Waals surface area contributed by atoms with Gasteiger partial charge in [-0.05, 0) is 42.6 Å². The number of benzene rings is 3. The molecule has 2 heteroatoms. The fourth-order valence-corrected chi connectivity index (χ4v) is 4.35. The van der Waals surface area contributed by atoms with Gasteiger partial charge in [0.25, 0.3) is 0 Å². The molecule has 1 saturated heterocycles. The van der Waals surface area contributed by atoms with E-state index < -0.39 is 11.6 Å². The Bertz CT molecular complexity index is 771. The number of hydrogen-bond acceptors (Lipinski definition) is 2. The first kappa shape index (κ1) is 17.0. The van der Waals surface area contributed by atoms with Crippen molar-refractivity contribution in [2.24, 2.45) is 0 Å². The fraction of sp³-hybridized carbons (Fsp3) is 0.250. The van der Waals surface area contributed by atoms with Crippen molar-refractivity contribution in [1.82, 2.24) is 4.90 Å². The van der Waals surface area contributed by atoms with Crippen LogP contribution in [0.4, 0.5) is 0 Å². The Labute approximate surface area is 155 Å². The zero-order chi connectivity index (χ0) is 17.8. The van der Waals surface area contributed by atoms with Gasteiger partial charge >= 0.3 is 0 Å². The van der Waals surface area contributed by atoms with Gasteiger partial charge in [-0.1, -0.05) is 91.0 Å². The molecule has 1 aliphatic heterocycles. The number of likely N-dealkylation sites (tertiary alicyclic amines) is 1. The van der Waals surface area contributed by atoms with E-state index in [4.69, 9.17) is 0 Å². The van der Waals surface area contributed by atoms with Crippen LogP contribution in [0.25, 0.3) is 0 Å². The van der Waals surface area contributed by atoms with Crippen LogP contribution in [0.1, 0.15) is 35.6 Å². The van der Waals surface area contributed by atoms with Gasteiger partial charge in [-0.2, -0.15) is 0 Å². The van der Waals surface area contributed by atoms with E-state index in [9.17, 15) is 5.11 Å². The topological polar surface area (TPSA) is 23.5 Å². The molecule has 4 rings (SSSR count). The van der Waals surface area contributed by atoms with E-state index in [0.717, 1.165) is 29.8 Å². The summed E-state index contributed by atoms with van der Waals surface area (Å²) in [6.07, 6.45) is 1.69. The van der Waals surface area contributed by atoms with Gasteiger partial charge < -0.3 is 5.11 Å². The highest BCUT2D eigenvalue weighted by Crippen LogP contribution is 2.47. The summed E-state index contributed by atoms with van der Waals surface area (Å²) in [4.78, 5) is 2.47. The van der Waals surface area contributed by atoms with Crippen LogP contribution in [-0.2, 0) is 5.54 Å². The minimum Gasteiger partial charge on any atom is -0.386 e. The average molecular weight is 343 g/mol. The second-order valence-corrected chi connectivity index (χ2v) is 7.01. The van der Waals surface area contributed by atoms with Gasteiger partial charge in [0.2, 0.25) is 0 Å². The molecule has 1 fully saturated rings. The summed E-state index contributed by atoms with van der Waals surface area (Å²) < 4.78 is 0. The molecular weight excluding hydrogens is 318 g/mol. The Morgan fingerprint density at radius 1 is 0.654 bits per heavy atom. The molecule has 0 amide bonds. The van der Waals surface area contributed by atoms with Crippen LogP contribution >= 0.6 is 0 Å². The summed E-state index contributed by atoms with van der Waals surface area (Å²) >= 11 is 0. The maximum absolute atomic E-state index is 11.8. The molecule has 3 aromatic rings. The highest BCUT2D eigenvalue weighted by atomic mass is 16.3. The summed E-state index contributed by atoms with van der Waals surface area (Å²) in [5.41, 5.74) is 2.65. The third-order valence-electron chi connectivity index (χ3n) is 5.54. The van der Waals surface area contributed by atoms with Gasteiger partial charge in [0.05, 0.1) is 0 Å². The lowest BCUT2D eigenvalue weighted by molar-refractivity contribution is 0.000430. The minimum atomic E-state index is -0.647. The van der Waals surface area contributed by atoms with E-state index in [1.807, 2.05) is 42.5 Å². The molecule has 3 aromatic carbocycles. The Kier molecular flexibility index (Phi) is 4.87. The molecule has 26 heavy (non-hydrogen) atoms. The maximum atomic E-state index is 11.8. The molecule has 1 atom stereocenters. The normalized spacial score (nSPS) is 16.5. The molecule has 0 spiro atoms.